The number of fused-ring (bicyclic) bond motifs is 1. The summed E-state index contributed by atoms with van der Waals surface area (Å²) in [4.78, 5) is 43.8. The summed E-state index contributed by atoms with van der Waals surface area (Å²) < 4.78 is 65.3. The number of aromatic nitrogens is 2. The Kier molecular flexibility index (Phi) is 11.0. The van der Waals surface area contributed by atoms with Crippen LogP contribution in [0.5, 0.6) is 0 Å². The number of ether oxygens (including phenoxy) is 1. The van der Waals surface area contributed by atoms with E-state index in [0.29, 0.717) is 63.4 Å². The van der Waals surface area contributed by atoms with Crippen molar-refractivity contribution in [3.63, 3.8) is 0 Å². The summed E-state index contributed by atoms with van der Waals surface area (Å²) in [7, 11) is 0. The van der Waals surface area contributed by atoms with Crippen LogP contribution in [0, 0.1) is 11.8 Å². The Labute approximate surface area is 233 Å². The van der Waals surface area contributed by atoms with Gasteiger partial charge in [0.15, 0.2) is 5.82 Å². The molecule has 0 bridgehead atoms. The lowest BCUT2D eigenvalue weighted by Gasteiger charge is -2.40. The summed E-state index contributed by atoms with van der Waals surface area (Å²) in [5, 5.41) is 10.4. The molecule has 0 saturated carbocycles. The van der Waals surface area contributed by atoms with Gasteiger partial charge in [0, 0.05) is 38.8 Å². The predicted octanol–water partition coefficient (Wildman–Crippen LogP) is 2.87. The molecule has 0 aliphatic carbocycles. The predicted molar refractivity (Wildman–Crippen MR) is 137 cm³/mol. The number of rotatable bonds is 7. The van der Waals surface area contributed by atoms with Crippen LogP contribution in [-0.2, 0) is 20.9 Å². The monoisotopic (exact) mass is 591 g/mol. The molecule has 0 unspecified atom stereocenters. The number of carbonyl (C=O) groups is 3. The number of morpholine rings is 1. The number of amides is 2. The van der Waals surface area contributed by atoms with Gasteiger partial charge < -0.3 is 29.5 Å². The maximum atomic E-state index is 13.8. The Hall–Kier alpha value is -3.33. The number of carbonyl (C=O) groups excluding carboxylic acids is 2. The Balaban J connectivity index is 0.000000587. The van der Waals surface area contributed by atoms with Crippen LogP contribution in [0.25, 0.3) is 11.0 Å². The van der Waals surface area contributed by atoms with E-state index in [-0.39, 0.29) is 35.5 Å². The largest absolute Gasteiger partial charge is 0.490 e. The van der Waals surface area contributed by atoms with Gasteiger partial charge >= 0.3 is 12.1 Å². The van der Waals surface area contributed by atoms with Crippen LogP contribution in [0.15, 0.2) is 24.3 Å². The number of nitrogens with zero attached hydrogens (tertiary/aromatic N) is 4. The molecule has 2 saturated heterocycles. The van der Waals surface area contributed by atoms with Crippen molar-refractivity contribution in [2.24, 2.45) is 11.8 Å². The topological polar surface area (TPSA) is 117 Å². The van der Waals surface area contributed by atoms with Crippen LogP contribution in [0.3, 0.4) is 0 Å². The van der Waals surface area contributed by atoms with Gasteiger partial charge in [0.1, 0.15) is 0 Å². The molecule has 4 rings (SSSR count). The lowest BCUT2D eigenvalue weighted by molar-refractivity contribution is -0.192. The molecule has 41 heavy (non-hydrogen) atoms. The first-order valence-electron chi connectivity index (χ1n) is 13.2. The fraction of sp³-hybridized carbons (Fsp3) is 0.615. The molecule has 1 aromatic carbocycles. The van der Waals surface area contributed by atoms with Gasteiger partial charge in [0.05, 0.1) is 36.7 Å². The minimum Gasteiger partial charge on any atom is -0.475 e. The van der Waals surface area contributed by atoms with Gasteiger partial charge in [-0.1, -0.05) is 26.0 Å². The molecule has 2 aromatic rings. The molecule has 1 aromatic heterocycles. The lowest BCUT2D eigenvalue weighted by Crippen LogP contribution is -2.56. The third-order valence-electron chi connectivity index (χ3n) is 6.67. The second-order valence-electron chi connectivity index (χ2n) is 10.3. The molecule has 15 heteroatoms. The van der Waals surface area contributed by atoms with Crippen LogP contribution in [0.1, 0.15) is 30.9 Å². The van der Waals surface area contributed by atoms with Crippen LogP contribution in [0.2, 0.25) is 0 Å². The number of hydrogen-bond acceptors (Lipinski definition) is 6. The lowest BCUT2D eigenvalue weighted by atomic mass is 9.92. The standard InChI is InChI=1S/C24H33F2N5O3.C2HF3O2/c1-16(2)14-30(18-11-17(12-27-13-18)23(32)29-7-9-34-10-8-29)24(33)22-28-19-5-3-4-6-20(19)31(22)15-21(25)26;3-2(4,5)1(6)7/h3-6,16-18,21,27H,7-15H2,1-2H3;(H,6,7)/t17-,18+;/m1./s1. The smallest absolute Gasteiger partial charge is 0.475 e. The number of piperidine rings is 1. The number of alkyl halides is 5. The van der Waals surface area contributed by atoms with Crippen molar-refractivity contribution in [1.29, 1.82) is 0 Å². The minimum atomic E-state index is -5.08. The van der Waals surface area contributed by atoms with Crippen LogP contribution in [0.4, 0.5) is 22.0 Å². The Morgan fingerprint density at radius 3 is 2.37 bits per heavy atom. The van der Waals surface area contributed by atoms with Crippen molar-refractivity contribution in [3.8, 4) is 0 Å². The zero-order valence-electron chi connectivity index (χ0n) is 22.7. The number of para-hydroxylation sites is 2. The highest BCUT2D eigenvalue weighted by Gasteiger charge is 2.38. The summed E-state index contributed by atoms with van der Waals surface area (Å²) in [5.74, 6) is -3.14. The van der Waals surface area contributed by atoms with E-state index in [0.717, 1.165) is 0 Å². The molecule has 2 amide bonds. The van der Waals surface area contributed by atoms with Crippen molar-refractivity contribution in [2.75, 3.05) is 45.9 Å². The second kappa shape index (κ2) is 14.0. The van der Waals surface area contributed by atoms with Crippen LogP contribution in [-0.4, -0.2) is 107 Å². The molecule has 2 fully saturated rings. The molecule has 2 aliphatic rings. The molecule has 2 N–H and O–H groups in total. The third kappa shape index (κ3) is 8.58. The molecule has 10 nitrogen and oxygen atoms in total. The van der Waals surface area contributed by atoms with Gasteiger partial charge in [0.25, 0.3) is 12.3 Å². The average molecular weight is 592 g/mol. The fourth-order valence-corrected chi connectivity index (χ4v) is 4.87. The first-order chi connectivity index (χ1) is 19.3. The number of halogens is 5. The summed E-state index contributed by atoms with van der Waals surface area (Å²) in [5.41, 5.74) is 1.02. The van der Waals surface area contributed by atoms with E-state index < -0.39 is 25.1 Å². The fourth-order valence-electron chi connectivity index (χ4n) is 4.87. The van der Waals surface area contributed by atoms with E-state index in [1.54, 1.807) is 29.2 Å². The van der Waals surface area contributed by atoms with E-state index in [4.69, 9.17) is 14.6 Å². The van der Waals surface area contributed by atoms with Crippen LogP contribution >= 0.6 is 0 Å². The summed E-state index contributed by atoms with van der Waals surface area (Å²) in [6, 6.07) is 6.71. The number of imidazole rings is 1. The molecular formula is C26H34F5N5O5. The molecule has 2 atom stereocenters. The highest BCUT2D eigenvalue weighted by Crippen LogP contribution is 2.24. The van der Waals surface area contributed by atoms with E-state index in [1.165, 1.54) is 4.57 Å². The highest BCUT2D eigenvalue weighted by molar-refractivity contribution is 5.95. The molecule has 0 spiro atoms. The molecule has 3 heterocycles. The number of benzene rings is 1. The SMILES string of the molecule is CC(C)CN(C(=O)c1nc2ccccc2n1CC(F)F)[C@@H]1CNC[C@H](C(=O)N2CCOCC2)C1.O=C(O)C(F)(F)F. The van der Waals surface area contributed by atoms with Crippen molar-refractivity contribution in [1.82, 2.24) is 24.7 Å². The number of carboxylic acid groups (broad SMARTS) is 1. The number of nitrogens with one attached hydrogen (secondary N) is 1. The minimum absolute atomic E-state index is 0.0174. The number of hydrogen-bond donors (Lipinski definition) is 2. The van der Waals surface area contributed by atoms with Gasteiger partial charge in [-0.25, -0.2) is 18.6 Å². The van der Waals surface area contributed by atoms with Gasteiger partial charge in [-0.2, -0.15) is 13.2 Å². The average Bonchev–Trinajstić information content (AvgIpc) is 3.29. The number of aliphatic carboxylic acids is 1. The highest BCUT2D eigenvalue weighted by atomic mass is 19.4. The summed E-state index contributed by atoms with van der Waals surface area (Å²) in [6.07, 6.45) is -7.17. The third-order valence-corrected chi connectivity index (χ3v) is 6.67. The van der Waals surface area contributed by atoms with E-state index in [2.05, 4.69) is 10.3 Å². The van der Waals surface area contributed by atoms with Gasteiger partial charge in [0.2, 0.25) is 5.91 Å². The Bertz CT molecular complexity index is 1200. The van der Waals surface area contributed by atoms with Gasteiger partial charge in [-0.3, -0.25) is 9.59 Å². The van der Waals surface area contributed by atoms with Crippen molar-refractivity contribution in [2.45, 2.75) is 45.5 Å². The second-order valence-corrected chi connectivity index (χ2v) is 10.3. The molecular weight excluding hydrogens is 557 g/mol. The summed E-state index contributed by atoms with van der Waals surface area (Å²) >= 11 is 0. The molecule has 2 aliphatic heterocycles. The number of carboxylic acids is 1. The quantitative estimate of drug-likeness (QED) is 0.476. The van der Waals surface area contributed by atoms with E-state index in [1.807, 2.05) is 18.7 Å². The van der Waals surface area contributed by atoms with Crippen molar-refractivity contribution >= 4 is 28.8 Å². The Morgan fingerprint density at radius 2 is 1.78 bits per heavy atom. The maximum absolute atomic E-state index is 13.8. The zero-order valence-corrected chi connectivity index (χ0v) is 22.7. The van der Waals surface area contributed by atoms with Gasteiger partial charge in [-0.15, -0.1) is 0 Å². The maximum Gasteiger partial charge on any atom is 0.490 e. The van der Waals surface area contributed by atoms with E-state index in [9.17, 15) is 31.5 Å². The molecule has 0 radical (unpaired) electrons. The Morgan fingerprint density at radius 1 is 1.15 bits per heavy atom. The zero-order chi connectivity index (χ0) is 30.3. The van der Waals surface area contributed by atoms with Gasteiger partial charge in [-0.05, 0) is 24.5 Å². The van der Waals surface area contributed by atoms with Crippen molar-refractivity contribution in [3.05, 3.63) is 30.1 Å². The van der Waals surface area contributed by atoms with E-state index >= 15 is 0 Å². The molecule has 228 valence electrons. The van der Waals surface area contributed by atoms with Crippen LogP contribution < -0.4 is 5.32 Å². The summed E-state index contributed by atoms with van der Waals surface area (Å²) in [6.45, 7) is 7.18. The first-order valence-corrected chi connectivity index (χ1v) is 13.2. The first kappa shape index (κ1) is 32.2. The normalized spacial score (nSPS) is 19.7. The van der Waals surface area contributed by atoms with Crippen molar-refractivity contribution < 1.29 is 46.2 Å².